The number of H-pyrrole nitrogens is 1. The van der Waals surface area contributed by atoms with Crippen LogP contribution in [-0.4, -0.2) is 64.8 Å². The van der Waals surface area contributed by atoms with E-state index in [1.54, 1.807) is 6.92 Å². The molecule has 2 aromatic heterocycles. The molecule has 0 bridgehead atoms. The first-order valence-electron chi connectivity index (χ1n) is 10.7. The van der Waals surface area contributed by atoms with Crippen molar-refractivity contribution in [3.05, 3.63) is 46.8 Å². The summed E-state index contributed by atoms with van der Waals surface area (Å²) in [6, 6.07) is 7.90. The van der Waals surface area contributed by atoms with E-state index in [1.165, 1.54) is 4.52 Å². The lowest BCUT2D eigenvalue weighted by atomic mass is 9.87. The summed E-state index contributed by atoms with van der Waals surface area (Å²) in [4.78, 5) is 45.3. The maximum absolute atomic E-state index is 12.9. The van der Waals surface area contributed by atoms with Crippen molar-refractivity contribution in [1.29, 1.82) is 0 Å². The highest BCUT2D eigenvalue weighted by Gasteiger charge is 2.28. The number of aromatic amines is 1. The lowest BCUT2D eigenvalue weighted by Gasteiger charge is -2.19. The lowest BCUT2D eigenvalue weighted by molar-refractivity contribution is -0.144. The third-order valence-electron chi connectivity index (χ3n) is 5.42. The minimum absolute atomic E-state index is 0.00250. The van der Waals surface area contributed by atoms with Gasteiger partial charge >= 0.3 is 18.0 Å². The van der Waals surface area contributed by atoms with Gasteiger partial charge in [0.2, 0.25) is 5.88 Å². The van der Waals surface area contributed by atoms with Crippen molar-refractivity contribution in [2.24, 2.45) is 0 Å². The van der Waals surface area contributed by atoms with E-state index in [0.29, 0.717) is 17.0 Å². The number of benzene rings is 1. The van der Waals surface area contributed by atoms with Gasteiger partial charge in [-0.15, -0.1) is 0 Å². The van der Waals surface area contributed by atoms with Crippen LogP contribution in [0.3, 0.4) is 0 Å². The summed E-state index contributed by atoms with van der Waals surface area (Å²) in [6.45, 7) is 14.5. The van der Waals surface area contributed by atoms with E-state index < -0.39 is 31.1 Å². The number of carbonyl (C=O) groups excluding carboxylic acids is 3. The van der Waals surface area contributed by atoms with Gasteiger partial charge in [0.15, 0.2) is 5.82 Å². The molecule has 3 rings (SSSR count). The van der Waals surface area contributed by atoms with Crippen LogP contribution in [0.15, 0.2) is 24.3 Å². The van der Waals surface area contributed by atoms with Crippen LogP contribution in [0.1, 0.15) is 31.9 Å². The molecule has 0 aliphatic carbocycles. The number of hydrogen-bond donors (Lipinski definition) is 1. The molecule has 0 fully saturated rings. The Morgan fingerprint density at radius 2 is 1.66 bits per heavy atom. The number of fused-ring (bicyclic) bond motifs is 1. The number of esters is 2. The number of nitrogens with zero attached hydrogens (tertiary/aromatic N) is 4. The van der Waals surface area contributed by atoms with Crippen LogP contribution in [0, 0.1) is 13.5 Å². The normalized spacial score (nSPS) is 11.1. The molecule has 0 radical (unpaired) electrons. The molecule has 1 aromatic carbocycles. The number of nitrogens with one attached hydrogen (secondary N) is 1. The van der Waals surface area contributed by atoms with Crippen molar-refractivity contribution in [2.45, 2.75) is 33.1 Å². The molecule has 35 heavy (non-hydrogen) atoms. The fourth-order valence-electron chi connectivity index (χ4n) is 3.37. The molecular weight excluding hydrogens is 454 g/mol. The number of hydrogen-bond acceptors (Lipinski definition) is 7. The Kier molecular flexibility index (Phi) is 7.14. The molecular formula is C24H27N5O6. The Bertz CT molecular complexity index is 1290. The molecule has 11 heteroatoms. The molecule has 11 nitrogen and oxygen atoms in total. The van der Waals surface area contributed by atoms with Gasteiger partial charge in [0, 0.05) is 11.1 Å². The Balaban J connectivity index is 1.99. The highest BCUT2D eigenvalue weighted by atomic mass is 16.6. The van der Waals surface area contributed by atoms with Crippen LogP contribution >= 0.6 is 0 Å². The Morgan fingerprint density at radius 1 is 1.09 bits per heavy atom. The van der Waals surface area contributed by atoms with E-state index in [9.17, 15) is 14.4 Å². The van der Waals surface area contributed by atoms with E-state index in [2.05, 4.69) is 45.2 Å². The van der Waals surface area contributed by atoms with Crippen LogP contribution in [0.25, 0.3) is 21.9 Å². The average Bonchev–Trinajstić information content (AvgIpc) is 3.36. The first-order valence-corrected chi connectivity index (χ1v) is 10.7. The van der Waals surface area contributed by atoms with E-state index in [1.807, 2.05) is 24.3 Å². The van der Waals surface area contributed by atoms with Gasteiger partial charge in [0.05, 0.1) is 20.8 Å². The average molecular weight is 482 g/mol. The van der Waals surface area contributed by atoms with Crippen molar-refractivity contribution in [2.75, 3.05) is 27.3 Å². The summed E-state index contributed by atoms with van der Waals surface area (Å²) in [5, 5.41) is 3.07. The van der Waals surface area contributed by atoms with Crippen molar-refractivity contribution in [3.8, 4) is 17.3 Å². The topological polar surface area (TPSA) is 120 Å². The molecule has 184 valence electrons. The summed E-state index contributed by atoms with van der Waals surface area (Å²) in [6.07, 6.45) is -1.03. The number of aromatic nitrogens is 3. The number of rotatable bonds is 6. The monoisotopic (exact) mass is 481 g/mol. The smallest absolute Gasteiger partial charge is 0.416 e. The molecule has 1 amide bonds. The van der Waals surface area contributed by atoms with Gasteiger partial charge in [-0.05, 0) is 17.9 Å². The standard InChI is InChI=1S/C24H27N5O6/c1-14-19(25-5)22(35-23(32)28(12-17(30)33-6)13-18(31)34-7)29-21(14)26-20(27-29)15-8-10-16(11-9-15)24(2,3)4/h8-11H,12-13H2,1-4,6-7H3,(H,26,27). The Morgan fingerprint density at radius 3 is 2.14 bits per heavy atom. The lowest BCUT2D eigenvalue weighted by Crippen LogP contribution is -2.41. The van der Waals surface area contributed by atoms with Crippen molar-refractivity contribution < 1.29 is 28.6 Å². The molecule has 1 N–H and O–H groups in total. The number of carbonyl (C=O) groups is 3. The predicted molar refractivity (Wildman–Crippen MR) is 126 cm³/mol. The molecule has 0 atom stereocenters. The zero-order chi connectivity index (χ0) is 25.9. The predicted octanol–water partition coefficient (Wildman–Crippen LogP) is 3.63. The van der Waals surface area contributed by atoms with Gasteiger partial charge in [-0.2, -0.15) is 0 Å². The van der Waals surface area contributed by atoms with Gasteiger partial charge in [0.1, 0.15) is 18.7 Å². The molecule has 0 saturated carbocycles. The van der Waals surface area contributed by atoms with Gasteiger partial charge in [0.25, 0.3) is 5.69 Å². The zero-order valence-corrected chi connectivity index (χ0v) is 20.5. The second-order valence-corrected chi connectivity index (χ2v) is 8.83. The third-order valence-corrected chi connectivity index (χ3v) is 5.42. The molecule has 2 heterocycles. The van der Waals surface area contributed by atoms with Gasteiger partial charge in [-0.3, -0.25) is 19.6 Å². The molecule has 0 spiro atoms. The van der Waals surface area contributed by atoms with E-state index in [4.69, 9.17) is 11.3 Å². The summed E-state index contributed by atoms with van der Waals surface area (Å²) in [7, 11) is 2.31. The van der Waals surface area contributed by atoms with Gasteiger partial charge < -0.3 is 14.2 Å². The Hall–Kier alpha value is -4.33. The summed E-state index contributed by atoms with van der Waals surface area (Å²) >= 11 is 0. The summed E-state index contributed by atoms with van der Waals surface area (Å²) in [5.74, 6) is -1.11. The second-order valence-electron chi connectivity index (χ2n) is 8.83. The fraction of sp³-hybridized carbons (Fsp3) is 0.375. The van der Waals surface area contributed by atoms with Crippen LogP contribution in [0.5, 0.6) is 5.88 Å². The molecule has 0 unspecified atom stereocenters. The van der Waals surface area contributed by atoms with Crippen LogP contribution in [-0.2, 0) is 24.5 Å². The maximum Gasteiger partial charge on any atom is 0.416 e. The highest BCUT2D eigenvalue weighted by molar-refractivity contribution is 5.85. The zero-order valence-electron chi connectivity index (χ0n) is 20.5. The number of aryl methyl sites for hydroxylation is 1. The molecule has 0 aliphatic rings. The Labute approximate surface area is 202 Å². The molecule has 3 aromatic rings. The number of ether oxygens (including phenoxy) is 3. The van der Waals surface area contributed by atoms with E-state index in [0.717, 1.165) is 30.2 Å². The van der Waals surface area contributed by atoms with Crippen molar-refractivity contribution in [1.82, 2.24) is 19.5 Å². The van der Waals surface area contributed by atoms with Crippen molar-refractivity contribution >= 4 is 29.4 Å². The molecule has 0 saturated heterocycles. The van der Waals surface area contributed by atoms with Gasteiger partial charge in [-0.1, -0.05) is 45.0 Å². The van der Waals surface area contributed by atoms with Crippen LogP contribution in [0.2, 0.25) is 0 Å². The largest absolute Gasteiger partial charge is 0.468 e. The number of amides is 1. The molecule has 0 aliphatic heterocycles. The number of methoxy groups -OCH3 is 2. The van der Waals surface area contributed by atoms with E-state index >= 15 is 0 Å². The SMILES string of the molecule is [C-]#[N+]c1c(C)c2nc(-c3ccc(C(C)(C)C)cc3)[nH]n2c1OC(=O)N(CC(=O)OC)CC(=O)OC. The van der Waals surface area contributed by atoms with Crippen molar-refractivity contribution in [3.63, 3.8) is 0 Å². The summed E-state index contributed by atoms with van der Waals surface area (Å²) in [5.41, 5.74) is 2.95. The minimum Gasteiger partial charge on any atom is -0.468 e. The maximum atomic E-state index is 12.9. The quantitative estimate of drug-likeness (QED) is 0.422. The summed E-state index contributed by atoms with van der Waals surface area (Å²) < 4.78 is 16.1. The first-order chi connectivity index (χ1) is 16.5. The second kappa shape index (κ2) is 9.89. The third kappa shape index (κ3) is 5.27. The minimum atomic E-state index is -1.03. The fourth-order valence-corrected chi connectivity index (χ4v) is 3.37. The first kappa shape index (κ1) is 25.3. The van der Waals surface area contributed by atoms with Gasteiger partial charge in [-0.25, -0.2) is 19.1 Å². The van der Waals surface area contributed by atoms with E-state index in [-0.39, 0.29) is 17.0 Å². The highest BCUT2D eigenvalue weighted by Crippen LogP contribution is 2.37. The van der Waals surface area contributed by atoms with Crippen LogP contribution in [0.4, 0.5) is 10.5 Å². The van der Waals surface area contributed by atoms with Crippen LogP contribution < -0.4 is 4.74 Å².